The molecule has 4 atom stereocenters. The van der Waals surface area contributed by atoms with Crippen LogP contribution in [-0.2, 0) is 9.59 Å². The Hall–Kier alpha value is -2.95. The van der Waals surface area contributed by atoms with Crippen LogP contribution in [0.4, 0.5) is 5.69 Å². The SMILES string of the molecule is Cc1ccccc1OC(=O)c1ccc(N2C(=O)[C@@H]3[C@H]4CC[C@@H](C4)[C@@H]3C2=O)cc1. The first-order valence-electron chi connectivity index (χ1n) is 9.80. The summed E-state index contributed by atoms with van der Waals surface area (Å²) in [6, 6.07) is 13.9. The number of hydrogen-bond donors (Lipinski definition) is 0. The van der Waals surface area contributed by atoms with Crippen molar-refractivity contribution in [3.63, 3.8) is 0 Å². The number of imide groups is 1. The molecule has 2 saturated carbocycles. The number of fused-ring (bicyclic) bond motifs is 5. The molecule has 0 spiro atoms. The molecule has 3 fully saturated rings. The summed E-state index contributed by atoms with van der Waals surface area (Å²) < 4.78 is 5.45. The average molecular weight is 375 g/mol. The summed E-state index contributed by atoms with van der Waals surface area (Å²) in [4.78, 5) is 39.5. The van der Waals surface area contributed by atoms with Gasteiger partial charge in [-0.05, 0) is 73.9 Å². The van der Waals surface area contributed by atoms with Crippen molar-refractivity contribution in [2.75, 3.05) is 4.90 Å². The topological polar surface area (TPSA) is 63.7 Å². The first-order chi connectivity index (χ1) is 13.5. The molecule has 28 heavy (non-hydrogen) atoms. The highest BCUT2D eigenvalue weighted by atomic mass is 16.5. The molecular formula is C23H21NO4. The van der Waals surface area contributed by atoms with Crippen molar-refractivity contribution >= 4 is 23.5 Å². The average Bonchev–Trinajstić information content (AvgIpc) is 3.38. The lowest BCUT2D eigenvalue weighted by Gasteiger charge is -2.19. The van der Waals surface area contributed by atoms with Crippen LogP contribution in [-0.4, -0.2) is 17.8 Å². The molecule has 1 saturated heterocycles. The molecule has 0 aromatic heterocycles. The Morgan fingerprint density at radius 1 is 0.929 bits per heavy atom. The van der Waals surface area contributed by atoms with Crippen LogP contribution in [0.5, 0.6) is 5.75 Å². The number of anilines is 1. The van der Waals surface area contributed by atoms with E-state index in [4.69, 9.17) is 4.74 Å². The minimum absolute atomic E-state index is 0.0718. The third kappa shape index (κ3) is 2.49. The van der Waals surface area contributed by atoms with Gasteiger partial charge in [-0.3, -0.25) is 14.5 Å². The molecule has 5 rings (SSSR count). The van der Waals surface area contributed by atoms with Crippen LogP contribution in [0.1, 0.15) is 35.2 Å². The minimum atomic E-state index is -0.463. The first-order valence-corrected chi connectivity index (χ1v) is 9.80. The maximum Gasteiger partial charge on any atom is 0.343 e. The molecule has 2 aliphatic carbocycles. The zero-order valence-corrected chi connectivity index (χ0v) is 15.6. The van der Waals surface area contributed by atoms with E-state index < -0.39 is 5.97 Å². The molecule has 0 N–H and O–H groups in total. The summed E-state index contributed by atoms with van der Waals surface area (Å²) in [6.45, 7) is 1.88. The molecule has 2 amide bonds. The maximum atomic E-state index is 12.9. The summed E-state index contributed by atoms with van der Waals surface area (Å²) in [5.41, 5.74) is 1.80. The number of nitrogens with zero attached hydrogens (tertiary/aromatic N) is 1. The summed E-state index contributed by atoms with van der Waals surface area (Å²) in [5, 5.41) is 0. The number of carbonyl (C=O) groups is 3. The van der Waals surface area contributed by atoms with Gasteiger partial charge in [-0.25, -0.2) is 4.79 Å². The van der Waals surface area contributed by atoms with Gasteiger partial charge in [0.05, 0.1) is 23.1 Å². The van der Waals surface area contributed by atoms with E-state index in [1.165, 1.54) is 4.90 Å². The second-order valence-electron chi connectivity index (χ2n) is 8.10. The van der Waals surface area contributed by atoms with Crippen LogP contribution in [0.15, 0.2) is 48.5 Å². The molecule has 1 heterocycles. The lowest BCUT2D eigenvalue weighted by molar-refractivity contribution is -0.123. The second kappa shape index (κ2) is 6.30. The van der Waals surface area contributed by atoms with Gasteiger partial charge in [0, 0.05) is 0 Å². The molecule has 2 bridgehead atoms. The Kier molecular flexibility index (Phi) is 3.86. The summed E-state index contributed by atoms with van der Waals surface area (Å²) >= 11 is 0. The van der Waals surface area contributed by atoms with Gasteiger partial charge in [0.1, 0.15) is 5.75 Å². The largest absolute Gasteiger partial charge is 0.423 e. The summed E-state index contributed by atoms with van der Waals surface area (Å²) in [6.07, 6.45) is 3.13. The van der Waals surface area contributed by atoms with Crippen molar-refractivity contribution in [2.24, 2.45) is 23.7 Å². The van der Waals surface area contributed by atoms with E-state index in [-0.39, 0.29) is 23.7 Å². The molecule has 3 aliphatic rings. The first kappa shape index (κ1) is 17.2. The highest BCUT2D eigenvalue weighted by molar-refractivity contribution is 6.22. The van der Waals surface area contributed by atoms with Crippen molar-refractivity contribution in [1.29, 1.82) is 0 Å². The number of aryl methyl sites for hydroxylation is 1. The van der Waals surface area contributed by atoms with Gasteiger partial charge >= 0.3 is 5.97 Å². The summed E-state index contributed by atoms with van der Waals surface area (Å²) in [5.74, 6) is 0.350. The van der Waals surface area contributed by atoms with E-state index in [1.807, 2.05) is 25.1 Å². The zero-order chi connectivity index (χ0) is 19.4. The number of rotatable bonds is 3. The monoisotopic (exact) mass is 375 g/mol. The molecule has 0 unspecified atom stereocenters. The lowest BCUT2D eigenvalue weighted by Crippen LogP contribution is -2.32. The third-order valence-corrected chi connectivity index (χ3v) is 6.58. The molecule has 1 aliphatic heterocycles. The van der Waals surface area contributed by atoms with Crippen LogP contribution in [0.25, 0.3) is 0 Å². The van der Waals surface area contributed by atoms with E-state index in [1.54, 1.807) is 30.3 Å². The van der Waals surface area contributed by atoms with Gasteiger partial charge in [-0.1, -0.05) is 18.2 Å². The van der Waals surface area contributed by atoms with Crippen LogP contribution in [0, 0.1) is 30.6 Å². The predicted octanol–water partition coefficient (Wildman–Crippen LogP) is 3.75. The van der Waals surface area contributed by atoms with E-state index in [9.17, 15) is 14.4 Å². The minimum Gasteiger partial charge on any atom is -0.423 e. The van der Waals surface area contributed by atoms with Crippen molar-refractivity contribution in [3.05, 3.63) is 59.7 Å². The summed E-state index contributed by atoms with van der Waals surface area (Å²) in [7, 11) is 0. The van der Waals surface area contributed by atoms with E-state index in [0.29, 0.717) is 28.8 Å². The fourth-order valence-corrected chi connectivity index (χ4v) is 5.24. The van der Waals surface area contributed by atoms with Crippen molar-refractivity contribution in [2.45, 2.75) is 26.2 Å². The molecule has 2 aromatic carbocycles. The molecule has 5 heteroatoms. The molecule has 142 valence electrons. The van der Waals surface area contributed by atoms with Gasteiger partial charge in [-0.15, -0.1) is 0 Å². The van der Waals surface area contributed by atoms with E-state index >= 15 is 0 Å². The molecule has 5 nitrogen and oxygen atoms in total. The third-order valence-electron chi connectivity index (χ3n) is 6.58. The van der Waals surface area contributed by atoms with Crippen LogP contribution in [0.3, 0.4) is 0 Å². The maximum absolute atomic E-state index is 12.9. The number of hydrogen-bond acceptors (Lipinski definition) is 4. The number of carbonyl (C=O) groups excluding carboxylic acids is 3. The number of amides is 2. The fourth-order valence-electron chi connectivity index (χ4n) is 5.24. The molecule has 2 aromatic rings. The molecular weight excluding hydrogens is 354 g/mol. The van der Waals surface area contributed by atoms with Crippen molar-refractivity contribution < 1.29 is 19.1 Å². The Bertz CT molecular complexity index is 952. The zero-order valence-electron chi connectivity index (χ0n) is 15.6. The van der Waals surface area contributed by atoms with Gasteiger partial charge in [0.2, 0.25) is 11.8 Å². The van der Waals surface area contributed by atoms with Gasteiger partial charge in [0.15, 0.2) is 0 Å². The normalized spacial score (nSPS) is 28.0. The van der Waals surface area contributed by atoms with Gasteiger partial charge in [0.25, 0.3) is 0 Å². The number of benzene rings is 2. The second-order valence-corrected chi connectivity index (χ2v) is 8.10. The lowest BCUT2D eigenvalue weighted by atomic mass is 9.81. The Morgan fingerprint density at radius 2 is 1.54 bits per heavy atom. The quantitative estimate of drug-likeness (QED) is 0.466. The standard InChI is InChI=1S/C23H21NO4/c1-13-4-2-3-5-18(13)28-23(27)14-8-10-17(11-9-14)24-21(25)19-15-6-7-16(12-15)20(19)22(24)26/h2-5,8-11,15-16,19-20H,6-7,12H2,1H3/t15-,16-,19-,20+/m0/s1. The van der Waals surface area contributed by atoms with Gasteiger partial charge in [-0.2, -0.15) is 0 Å². The highest BCUT2D eigenvalue weighted by Gasteiger charge is 2.61. The molecule has 0 radical (unpaired) electrons. The van der Waals surface area contributed by atoms with Crippen LogP contribution < -0.4 is 9.64 Å². The van der Waals surface area contributed by atoms with Crippen LogP contribution in [0.2, 0.25) is 0 Å². The van der Waals surface area contributed by atoms with E-state index in [0.717, 1.165) is 24.8 Å². The Morgan fingerprint density at radius 3 is 2.14 bits per heavy atom. The number of para-hydroxylation sites is 1. The Balaban J connectivity index is 1.36. The van der Waals surface area contributed by atoms with E-state index in [2.05, 4.69) is 0 Å². The van der Waals surface area contributed by atoms with Crippen molar-refractivity contribution in [1.82, 2.24) is 0 Å². The highest BCUT2D eigenvalue weighted by Crippen LogP contribution is 2.56. The van der Waals surface area contributed by atoms with Crippen LogP contribution >= 0.6 is 0 Å². The van der Waals surface area contributed by atoms with Gasteiger partial charge < -0.3 is 4.74 Å². The predicted molar refractivity (Wildman–Crippen MR) is 103 cm³/mol. The van der Waals surface area contributed by atoms with Crippen molar-refractivity contribution in [3.8, 4) is 5.75 Å². The number of esters is 1. The fraction of sp³-hybridized carbons (Fsp3) is 0.348. The number of ether oxygens (including phenoxy) is 1. The Labute approximate surface area is 163 Å². The smallest absolute Gasteiger partial charge is 0.343 e.